The van der Waals surface area contributed by atoms with E-state index in [1.165, 1.54) is 39.7 Å². The molecule has 2 aromatic heterocycles. The third kappa shape index (κ3) is 3.72. The number of halogens is 1. The Kier molecular flexibility index (Phi) is 5.67. The molecule has 3 rings (SSSR count). The van der Waals surface area contributed by atoms with E-state index in [1.807, 2.05) is 13.8 Å². The maximum Gasteiger partial charge on any atom is 0.337 e. The first-order chi connectivity index (χ1) is 13.8. The first-order valence-electron chi connectivity index (χ1n) is 9.41. The van der Waals surface area contributed by atoms with Gasteiger partial charge in [-0.05, 0) is 44.0 Å². The van der Waals surface area contributed by atoms with E-state index in [0.29, 0.717) is 5.69 Å². The molecule has 3 aromatic rings. The van der Waals surface area contributed by atoms with Gasteiger partial charge in [-0.3, -0.25) is 9.36 Å². The number of carbonyl (C=O) groups excluding carboxylic acids is 1. The molecule has 1 aromatic carbocycles. The molecule has 0 aliphatic heterocycles. The van der Waals surface area contributed by atoms with Crippen molar-refractivity contribution in [3.05, 3.63) is 57.2 Å². The van der Waals surface area contributed by atoms with Crippen LogP contribution in [-0.4, -0.2) is 31.3 Å². The van der Waals surface area contributed by atoms with Crippen LogP contribution >= 0.6 is 0 Å². The fourth-order valence-electron chi connectivity index (χ4n) is 3.17. The van der Waals surface area contributed by atoms with Crippen LogP contribution in [0.2, 0.25) is 0 Å². The van der Waals surface area contributed by atoms with Crippen molar-refractivity contribution in [2.45, 2.75) is 40.3 Å². The highest BCUT2D eigenvalue weighted by atomic mass is 19.1. The zero-order valence-electron chi connectivity index (χ0n) is 16.8. The Morgan fingerprint density at radius 3 is 2.41 bits per heavy atom. The molecule has 0 radical (unpaired) electrons. The standard InChI is InChI=1S/C20H23FN4O4/c1-5-29-19(27)13(4)24-11-22-17-16(24)18(26)23(10-12(2)3)20(28)25(17)15-8-6-14(21)7-9-15/h6-9,11-13H,5,10H2,1-4H3/t13-/m0/s1. The second-order valence-electron chi connectivity index (χ2n) is 7.16. The number of rotatable bonds is 6. The quantitative estimate of drug-likeness (QED) is 0.590. The van der Waals surface area contributed by atoms with Crippen LogP contribution < -0.4 is 11.2 Å². The summed E-state index contributed by atoms with van der Waals surface area (Å²) < 4.78 is 22.2. The van der Waals surface area contributed by atoms with Crippen LogP contribution in [0.15, 0.2) is 40.2 Å². The molecule has 0 aliphatic rings. The third-order valence-electron chi connectivity index (χ3n) is 4.53. The van der Waals surface area contributed by atoms with Crippen molar-refractivity contribution in [3.8, 4) is 5.69 Å². The van der Waals surface area contributed by atoms with Crippen LogP contribution in [-0.2, 0) is 16.1 Å². The van der Waals surface area contributed by atoms with Gasteiger partial charge >= 0.3 is 11.7 Å². The van der Waals surface area contributed by atoms with E-state index in [0.717, 1.165) is 4.57 Å². The average Bonchev–Trinajstić information content (AvgIpc) is 3.11. The van der Waals surface area contributed by atoms with Gasteiger partial charge in [0, 0.05) is 6.54 Å². The Labute approximate surface area is 166 Å². The Bertz CT molecular complexity index is 1160. The van der Waals surface area contributed by atoms with E-state index in [1.54, 1.807) is 13.8 Å². The van der Waals surface area contributed by atoms with Crippen LogP contribution in [0.5, 0.6) is 0 Å². The topological polar surface area (TPSA) is 88.1 Å². The molecule has 0 saturated heterocycles. The molecular weight excluding hydrogens is 379 g/mol. The Balaban J connectivity index is 2.36. The lowest BCUT2D eigenvalue weighted by Crippen LogP contribution is -2.41. The van der Waals surface area contributed by atoms with Crippen molar-refractivity contribution in [1.29, 1.82) is 0 Å². The van der Waals surface area contributed by atoms with Gasteiger partial charge in [0.1, 0.15) is 11.9 Å². The summed E-state index contributed by atoms with van der Waals surface area (Å²) >= 11 is 0. The molecular formula is C20H23FN4O4. The predicted molar refractivity (Wildman–Crippen MR) is 106 cm³/mol. The Hall–Kier alpha value is -3.23. The summed E-state index contributed by atoms with van der Waals surface area (Å²) in [5.41, 5.74) is -0.534. The molecule has 0 fully saturated rings. The number of hydrogen-bond acceptors (Lipinski definition) is 5. The number of imidazole rings is 1. The lowest BCUT2D eigenvalue weighted by atomic mass is 10.2. The van der Waals surface area contributed by atoms with Gasteiger partial charge in [-0.1, -0.05) is 13.8 Å². The molecule has 1 atom stereocenters. The minimum Gasteiger partial charge on any atom is -0.464 e. The first kappa shape index (κ1) is 20.5. The van der Waals surface area contributed by atoms with E-state index in [-0.39, 0.29) is 30.2 Å². The average molecular weight is 402 g/mol. The van der Waals surface area contributed by atoms with Gasteiger partial charge < -0.3 is 9.30 Å². The number of benzene rings is 1. The van der Waals surface area contributed by atoms with Crippen molar-refractivity contribution in [1.82, 2.24) is 18.7 Å². The summed E-state index contributed by atoms with van der Waals surface area (Å²) in [5, 5.41) is 0. The highest BCUT2D eigenvalue weighted by molar-refractivity contribution is 5.79. The lowest BCUT2D eigenvalue weighted by molar-refractivity contribution is -0.146. The molecule has 0 N–H and O–H groups in total. The van der Waals surface area contributed by atoms with Gasteiger partial charge in [0.15, 0.2) is 11.2 Å². The van der Waals surface area contributed by atoms with E-state index >= 15 is 0 Å². The zero-order valence-corrected chi connectivity index (χ0v) is 16.8. The number of ether oxygens (including phenoxy) is 1. The van der Waals surface area contributed by atoms with Crippen LogP contribution in [0.25, 0.3) is 16.9 Å². The normalized spacial score (nSPS) is 12.5. The highest BCUT2D eigenvalue weighted by Gasteiger charge is 2.25. The summed E-state index contributed by atoms with van der Waals surface area (Å²) in [4.78, 5) is 42.8. The van der Waals surface area contributed by atoms with Gasteiger partial charge in [-0.15, -0.1) is 0 Å². The van der Waals surface area contributed by atoms with Crippen LogP contribution in [0, 0.1) is 11.7 Å². The van der Waals surface area contributed by atoms with Gasteiger partial charge in [-0.2, -0.15) is 0 Å². The number of fused-ring (bicyclic) bond motifs is 1. The first-order valence-corrected chi connectivity index (χ1v) is 9.41. The van der Waals surface area contributed by atoms with Crippen molar-refractivity contribution >= 4 is 17.1 Å². The van der Waals surface area contributed by atoms with E-state index in [9.17, 15) is 18.8 Å². The number of nitrogens with zero attached hydrogens (tertiary/aromatic N) is 4. The zero-order chi connectivity index (χ0) is 21.3. The van der Waals surface area contributed by atoms with Gasteiger partial charge in [-0.25, -0.2) is 23.5 Å². The number of hydrogen-bond donors (Lipinski definition) is 0. The molecule has 0 aliphatic carbocycles. The molecule has 154 valence electrons. The predicted octanol–water partition coefficient (Wildman–Crippen LogP) is 2.27. The van der Waals surface area contributed by atoms with E-state index in [4.69, 9.17) is 4.74 Å². The van der Waals surface area contributed by atoms with Crippen LogP contribution in [0.3, 0.4) is 0 Å². The monoisotopic (exact) mass is 402 g/mol. The fraction of sp³-hybridized carbons (Fsp3) is 0.400. The van der Waals surface area contributed by atoms with Crippen molar-refractivity contribution in [2.75, 3.05) is 6.61 Å². The highest BCUT2D eigenvalue weighted by Crippen LogP contribution is 2.18. The van der Waals surface area contributed by atoms with Crippen molar-refractivity contribution in [3.63, 3.8) is 0 Å². The maximum absolute atomic E-state index is 13.4. The lowest BCUT2D eigenvalue weighted by Gasteiger charge is -2.16. The van der Waals surface area contributed by atoms with Crippen molar-refractivity contribution in [2.24, 2.45) is 5.92 Å². The van der Waals surface area contributed by atoms with Gasteiger partial charge in [0.05, 0.1) is 18.6 Å². The Morgan fingerprint density at radius 2 is 1.83 bits per heavy atom. The van der Waals surface area contributed by atoms with Gasteiger partial charge in [0.2, 0.25) is 0 Å². The summed E-state index contributed by atoms with van der Waals surface area (Å²) in [6.45, 7) is 7.45. The molecule has 0 saturated carbocycles. The minimum atomic E-state index is -0.806. The summed E-state index contributed by atoms with van der Waals surface area (Å²) in [6.07, 6.45) is 1.34. The second-order valence-corrected chi connectivity index (χ2v) is 7.16. The number of carbonyl (C=O) groups is 1. The molecule has 2 heterocycles. The molecule has 29 heavy (non-hydrogen) atoms. The Morgan fingerprint density at radius 1 is 1.17 bits per heavy atom. The summed E-state index contributed by atoms with van der Waals surface area (Å²) in [6, 6.07) is 4.52. The molecule has 0 amide bonds. The summed E-state index contributed by atoms with van der Waals surface area (Å²) in [5.74, 6) is -0.936. The number of aromatic nitrogens is 4. The molecule has 0 spiro atoms. The molecule has 0 unspecified atom stereocenters. The van der Waals surface area contributed by atoms with E-state index < -0.39 is 29.1 Å². The van der Waals surface area contributed by atoms with Crippen LogP contribution in [0.1, 0.15) is 33.7 Å². The molecule has 8 nitrogen and oxygen atoms in total. The molecule has 9 heteroatoms. The minimum absolute atomic E-state index is 0.0263. The SMILES string of the molecule is CCOC(=O)[C@H](C)n1cnc2c1c(=O)n(CC(C)C)c(=O)n2-c1ccc(F)cc1. The maximum atomic E-state index is 13.4. The largest absolute Gasteiger partial charge is 0.464 e. The van der Waals surface area contributed by atoms with E-state index in [2.05, 4.69) is 4.98 Å². The number of esters is 1. The second kappa shape index (κ2) is 8.02. The fourth-order valence-corrected chi connectivity index (χ4v) is 3.17. The smallest absolute Gasteiger partial charge is 0.337 e. The van der Waals surface area contributed by atoms with Crippen molar-refractivity contribution < 1.29 is 13.9 Å². The van der Waals surface area contributed by atoms with Crippen LogP contribution in [0.4, 0.5) is 4.39 Å². The summed E-state index contributed by atoms with van der Waals surface area (Å²) in [7, 11) is 0. The third-order valence-corrected chi connectivity index (χ3v) is 4.53. The molecule has 0 bridgehead atoms. The van der Waals surface area contributed by atoms with Gasteiger partial charge in [0.25, 0.3) is 5.56 Å².